The van der Waals surface area contributed by atoms with E-state index in [0.29, 0.717) is 5.75 Å². The molecule has 140 valence electrons. The summed E-state index contributed by atoms with van der Waals surface area (Å²) in [6, 6.07) is 7.33. The third-order valence-corrected chi connectivity index (χ3v) is 4.83. The number of aromatic nitrogens is 2. The van der Waals surface area contributed by atoms with Crippen LogP contribution in [0.4, 0.5) is 0 Å². The Morgan fingerprint density at radius 3 is 2.23 bits per heavy atom. The summed E-state index contributed by atoms with van der Waals surface area (Å²) < 4.78 is 11.1. The van der Waals surface area contributed by atoms with Gasteiger partial charge in [0.15, 0.2) is 8.32 Å². The first-order valence-electron chi connectivity index (χ1n) is 9.00. The first-order chi connectivity index (χ1) is 12.2. The molecule has 0 radical (unpaired) electrons. The van der Waals surface area contributed by atoms with Crippen molar-refractivity contribution in [3.63, 3.8) is 0 Å². The second kappa shape index (κ2) is 9.05. The van der Waals surface area contributed by atoms with Crippen molar-refractivity contribution in [1.82, 2.24) is 9.97 Å². The van der Waals surface area contributed by atoms with Crippen LogP contribution in [0.3, 0.4) is 0 Å². The number of hydrogen-bond donors (Lipinski definition) is 0. The summed E-state index contributed by atoms with van der Waals surface area (Å²) in [5.74, 6) is 1.06. The van der Waals surface area contributed by atoms with E-state index in [1.165, 1.54) is 6.92 Å². The van der Waals surface area contributed by atoms with Gasteiger partial charge in [0.2, 0.25) is 0 Å². The molecule has 1 unspecified atom stereocenters. The molecule has 2 aromatic rings. The summed E-state index contributed by atoms with van der Waals surface area (Å²) in [5, 5.41) is 0. The van der Waals surface area contributed by atoms with E-state index in [2.05, 4.69) is 36.5 Å². The highest BCUT2D eigenvalue weighted by Crippen LogP contribution is 2.21. The van der Waals surface area contributed by atoms with Crippen LogP contribution >= 0.6 is 0 Å². The minimum absolute atomic E-state index is 0.289. The van der Waals surface area contributed by atoms with Crippen LogP contribution in [0, 0.1) is 0 Å². The van der Waals surface area contributed by atoms with Crippen molar-refractivity contribution < 1.29 is 14.0 Å². The van der Waals surface area contributed by atoms with Gasteiger partial charge < -0.3 is 9.16 Å². The average molecular weight is 373 g/mol. The Hall–Kier alpha value is -2.05. The van der Waals surface area contributed by atoms with Gasteiger partial charge in [-0.25, -0.2) is 9.97 Å². The maximum atomic E-state index is 11.0. The Morgan fingerprint density at radius 2 is 1.69 bits per heavy atom. The zero-order valence-electron chi connectivity index (χ0n) is 16.3. The van der Waals surface area contributed by atoms with Gasteiger partial charge >= 0.3 is 5.97 Å². The van der Waals surface area contributed by atoms with Crippen molar-refractivity contribution in [2.45, 2.75) is 58.9 Å². The third kappa shape index (κ3) is 7.05. The van der Waals surface area contributed by atoms with E-state index < -0.39 is 8.32 Å². The van der Waals surface area contributed by atoms with Gasteiger partial charge in [0, 0.05) is 37.4 Å². The standard InChI is InChI=1S/C20H28N2O3Si/c1-15(25-26(3,4)5)7-6-8-20-21-13-18(14-22-20)17-9-11-19(12-10-17)24-16(2)23/h9-15H,6-8H2,1-5H3. The molecular formula is C20H28N2O3Si. The third-order valence-electron chi connectivity index (χ3n) is 3.72. The zero-order chi connectivity index (χ0) is 19.2. The number of hydrogen-bond acceptors (Lipinski definition) is 5. The second-order valence-corrected chi connectivity index (χ2v) is 11.9. The van der Waals surface area contributed by atoms with Crippen LogP contribution in [0.5, 0.6) is 5.75 Å². The molecule has 1 aromatic heterocycles. The zero-order valence-corrected chi connectivity index (χ0v) is 17.3. The lowest BCUT2D eigenvalue weighted by molar-refractivity contribution is -0.131. The van der Waals surface area contributed by atoms with E-state index in [9.17, 15) is 4.79 Å². The van der Waals surface area contributed by atoms with Crippen molar-refractivity contribution in [1.29, 1.82) is 0 Å². The molecule has 0 saturated heterocycles. The molecule has 0 amide bonds. The van der Waals surface area contributed by atoms with E-state index in [4.69, 9.17) is 9.16 Å². The van der Waals surface area contributed by atoms with Crippen molar-refractivity contribution in [2.75, 3.05) is 0 Å². The molecule has 26 heavy (non-hydrogen) atoms. The first kappa shape index (κ1) is 20.3. The van der Waals surface area contributed by atoms with Gasteiger partial charge in [-0.05, 0) is 57.1 Å². The van der Waals surface area contributed by atoms with Crippen LogP contribution < -0.4 is 4.74 Å². The maximum Gasteiger partial charge on any atom is 0.308 e. The first-order valence-corrected chi connectivity index (χ1v) is 12.4. The van der Waals surface area contributed by atoms with Gasteiger partial charge in [0.05, 0.1) is 0 Å². The fourth-order valence-electron chi connectivity index (χ4n) is 2.72. The molecule has 6 heteroatoms. The van der Waals surface area contributed by atoms with Gasteiger partial charge in [-0.1, -0.05) is 12.1 Å². The lowest BCUT2D eigenvalue weighted by Crippen LogP contribution is -2.30. The fraction of sp³-hybridized carbons (Fsp3) is 0.450. The molecular weight excluding hydrogens is 344 g/mol. The van der Waals surface area contributed by atoms with Gasteiger partial charge in [0.1, 0.15) is 11.6 Å². The Morgan fingerprint density at radius 1 is 1.08 bits per heavy atom. The van der Waals surface area contributed by atoms with Crippen molar-refractivity contribution in [2.24, 2.45) is 0 Å². The van der Waals surface area contributed by atoms with Crippen LogP contribution in [-0.4, -0.2) is 30.4 Å². The molecule has 0 saturated carbocycles. The van der Waals surface area contributed by atoms with Crippen LogP contribution in [0.15, 0.2) is 36.7 Å². The van der Waals surface area contributed by atoms with E-state index in [-0.39, 0.29) is 12.1 Å². The Labute approximate surface area is 156 Å². The number of ether oxygens (including phenoxy) is 1. The molecule has 0 fully saturated rings. The van der Waals surface area contributed by atoms with Crippen molar-refractivity contribution >= 4 is 14.3 Å². The lowest BCUT2D eigenvalue weighted by Gasteiger charge is -2.23. The lowest BCUT2D eigenvalue weighted by atomic mass is 10.1. The maximum absolute atomic E-state index is 11.0. The van der Waals surface area contributed by atoms with E-state index in [0.717, 1.165) is 36.2 Å². The molecule has 1 heterocycles. The highest BCUT2D eigenvalue weighted by molar-refractivity contribution is 6.69. The Balaban J connectivity index is 1.87. The predicted octanol–water partition coefficient (Wildman–Crippen LogP) is 4.63. The molecule has 0 aliphatic rings. The van der Waals surface area contributed by atoms with Crippen molar-refractivity contribution in [3.05, 3.63) is 42.5 Å². The average Bonchev–Trinajstić information content (AvgIpc) is 2.54. The smallest absolute Gasteiger partial charge is 0.308 e. The van der Waals surface area contributed by atoms with Crippen molar-refractivity contribution in [3.8, 4) is 16.9 Å². The topological polar surface area (TPSA) is 61.3 Å². The summed E-state index contributed by atoms with van der Waals surface area (Å²) >= 11 is 0. The number of benzene rings is 1. The van der Waals surface area contributed by atoms with Gasteiger partial charge in [-0.3, -0.25) is 4.79 Å². The fourth-order valence-corrected chi connectivity index (χ4v) is 4.05. The molecule has 5 nitrogen and oxygen atoms in total. The van der Waals surface area contributed by atoms with Crippen LogP contribution in [0.1, 0.15) is 32.5 Å². The quantitative estimate of drug-likeness (QED) is 0.384. The summed E-state index contributed by atoms with van der Waals surface area (Å²) in [5.41, 5.74) is 1.93. The van der Waals surface area contributed by atoms with Gasteiger partial charge in [-0.15, -0.1) is 0 Å². The highest BCUT2D eigenvalue weighted by atomic mass is 28.4. The van der Waals surface area contributed by atoms with Crippen LogP contribution in [-0.2, 0) is 15.6 Å². The van der Waals surface area contributed by atoms with Gasteiger partial charge in [-0.2, -0.15) is 0 Å². The molecule has 0 bridgehead atoms. The normalized spacial score (nSPS) is 12.7. The number of carbonyl (C=O) groups is 1. The molecule has 0 N–H and O–H groups in total. The van der Waals surface area contributed by atoms with Crippen LogP contribution in [0.25, 0.3) is 11.1 Å². The summed E-state index contributed by atoms with van der Waals surface area (Å²) in [4.78, 5) is 19.9. The van der Waals surface area contributed by atoms with E-state index in [1.54, 1.807) is 12.1 Å². The minimum atomic E-state index is -1.47. The van der Waals surface area contributed by atoms with Crippen LogP contribution in [0.2, 0.25) is 19.6 Å². The number of rotatable bonds is 8. The molecule has 0 aliphatic heterocycles. The van der Waals surface area contributed by atoms with Gasteiger partial charge in [0.25, 0.3) is 0 Å². The molecule has 0 aliphatic carbocycles. The molecule has 0 spiro atoms. The number of esters is 1. The molecule has 1 aromatic carbocycles. The molecule has 1 atom stereocenters. The summed E-state index contributed by atoms with van der Waals surface area (Å²) in [6.45, 7) is 10.2. The largest absolute Gasteiger partial charge is 0.427 e. The molecule has 2 rings (SSSR count). The minimum Gasteiger partial charge on any atom is -0.427 e. The monoisotopic (exact) mass is 372 g/mol. The summed E-state index contributed by atoms with van der Waals surface area (Å²) in [7, 11) is -1.47. The number of aryl methyl sites for hydroxylation is 1. The summed E-state index contributed by atoms with van der Waals surface area (Å²) in [6.07, 6.45) is 6.85. The number of nitrogens with zero attached hydrogens (tertiary/aromatic N) is 2. The Bertz CT molecular complexity index is 709. The predicted molar refractivity (Wildman–Crippen MR) is 106 cm³/mol. The van der Waals surface area contributed by atoms with E-state index >= 15 is 0 Å². The Kier molecular flexibility index (Phi) is 7.05. The number of carbonyl (C=O) groups excluding carboxylic acids is 1. The van der Waals surface area contributed by atoms with E-state index in [1.807, 2.05) is 24.5 Å². The second-order valence-electron chi connectivity index (χ2n) is 7.44. The SMILES string of the molecule is CC(=O)Oc1ccc(-c2cnc(CCCC(C)O[Si](C)(C)C)nc2)cc1. The highest BCUT2D eigenvalue weighted by Gasteiger charge is 2.17.